The lowest BCUT2D eigenvalue weighted by Crippen LogP contribution is -2.41. The van der Waals surface area contributed by atoms with E-state index < -0.39 is 23.4 Å². The average Bonchev–Trinajstić information content (AvgIpc) is 3.51. The van der Waals surface area contributed by atoms with Crippen LogP contribution in [0.25, 0.3) is 17.5 Å². The number of nitrogens with zero attached hydrogens (tertiary/aromatic N) is 1. The number of aromatic nitrogens is 1. The second-order valence-electron chi connectivity index (χ2n) is 6.67. The summed E-state index contributed by atoms with van der Waals surface area (Å²) >= 11 is 1.04. The first-order valence-electron chi connectivity index (χ1n) is 9.86. The number of hydrogen-bond acceptors (Lipinski definition) is 9. The van der Waals surface area contributed by atoms with Gasteiger partial charge < -0.3 is 24.0 Å². The zero-order chi connectivity index (χ0) is 22.8. The van der Waals surface area contributed by atoms with Gasteiger partial charge in [-0.05, 0) is 38.1 Å². The molecule has 0 saturated heterocycles. The van der Waals surface area contributed by atoms with Gasteiger partial charge in [-0.15, -0.1) is 11.3 Å². The van der Waals surface area contributed by atoms with Gasteiger partial charge in [-0.1, -0.05) is 0 Å². The molecule has 0 aromatic carbocycles. The second-order valence-corrected chi connectivity index (χ2v) is 7.70. The molecule has 0 bridgehead atoms. The number of ether oxygens (including phenoxy) is 2. The molecule has 0 amide bonds. The van der Waals surface area contributed by atoms with Gasteiger partial charge in [-0.2, -0.15) is 0 Å². The first-order chi connectivity index (χ1) is 15.5. The molecule has 0 saturated carbocycles. The van der Waals surface area contributed by atoms with E-state index in [0.29, 0.717) is 11.5 Å². The summed E-state index contributed by atoms with van der Waals surface area (Å²) in [4.78, 5) is 39.2. The second kappa shape index (κ2) is 8.75. The number of carbonyl (C=O) groups is 2. The summed E-state index contributed by atoms with van der Waals surface area (Å²) in [5.74, 6) is -1.83. The third kappa shape index (κ3) is 3.58. The number of rotatable bonds is 6. The molecule has 3 aromatic heterocycles. The number of furan rings is 2. The lowest BCUT2D eigenvalue weighted by molar-refractivity contribution is -0.138. The Labute approximate surface area is 185 Å². The van der Waals surface area contributed by atoms with Crippen LogP contribution in [0.4, 0.5) is 0 Å². The topological polar surface area (TPSA) is 127 Å². The van der Waals surface area contributed by atoms with Crippen LogP contribution >= 0.6 is 11.3 Å². The molecule has 1 unspecified atom stereocenters. The van der Waals surface area contributed by atoms with E-state index in [9.17, 15) is 14.4 Å². The predicted octanol–water partition coefficient (Wildman–Crippen LogP) is 1.13. The van der Waals surface area contributed by atoms with Crippen molar-refractivity contribution >= 4 is 40.7 Å². The Morgan fingerprint density at radius 3 is 2.34 bits per heavy atom. The molecule has 1 aliphatic heterocycles. The molecule has 0 aliphatic carbocycles. The molecule has 2 N–H and O–H groups in total. The molecule has 0 fully saturated rings. The van der Waals surface area contributed by atoms with Crippen LogP contribution in [0.15, 0.2) is 56.0 Å². The van der Waals surface area contributed by atoms with E-state index in [1.165, 1.54) is 12.5 Å². The number of hydrogen-bond donors (Lipinski definition) is 1. The van der Waals surface area contributed by atoms with Gasteiger partial charge in [-0.25, -0.2) is 9.59 Å². The maximum Gasteiger partial charge on any atom is 0.338 e. The lowest BCUT2D eigenvalue weighted by atomic mass is 9.87. The van der Waals surface area contributed by atoms with E-state index in [0.717, 1.165) is 15.9 Å². The quantitative estimate of drug-likeness (QED) is 0.547. The Kier molecular flexibility index (Phi) is 5.87. The van der Waals surface area contributed by atoms with E-state index in [1.807, 2.05) is 0 Å². The normalized spacial score (nSPS) is 16.2. The zero-order valence-electron chi connectivity index (χ0n) is 17.3. The largest absolute Gasteiger partial charge is 0.468 e. The minimum absolute atomic E-state index is 0.0678. The van der Waals surface area contributed by atoms with Gasteiger partial charge in [0.15, 0.2) is 0 Å². The summed E-state index contributed by atoms with van der Waals surface area (Å²) < 4.78 is 23.0. The average molecular weight is 456 g/mol. The highest BCUT2D eigenvalue weighted by Crippen LogP contribution is 2.37. The minimum atomic E-state index is -1.00. The first-order valence-corrected chi connectivity index (χ1v) is 10.7. The number of fused-ring (bicyclic) bond motifs is 1. The maximum atomic E-state index is 13.2. The number of esters is 2. The van der Waals surface area contributed by atoms with E-state index in [2.05, 4.69) is 0 Å². The minimum Gasteiger partial charge on any atom is -0.468 e. The van der Waals surface area contributed by atoms with Crippen molar-refractivity contribution in [2.75, 3.05) is 13.2 Å². The van der Waals surface area contributed by atoms with Crippen LogP contribution < -0.4 is 20.5 Å². The third-order valence-electron chi connectivity index (χ3n) is 4.78. The van der Waals surface area contributed by atoms with E-state index >= 15 is 0 Å². The zero-order valence-corrected chi connectivity index (χ0v) is 18.1. The van der Waals surface area contributed by atoms with Crippen molar-refractivity contribution in [3.05, 3.63) is 73.4 Å². The van der Waals surface area contributed by atoms with Crippen LogP contribution in [-0.4, -0.2) is 29.7 Å². The first kappa shape index (κ1) is 21.4. The molecule has 0 spiro atoms. The van der Waals surface area contributed by atoms with Crippen LogP contribution in [0.1, 0.15) is 31.3 Å². The van der Waals surface area contributed by atoms with Crippen molar-refractivity contribution in [1.82, 2.24) is 4.57 Å². The summed E-state index contributed by atoms with van der Waals surface area (Å²) in [6, 6.07) is 6.62. The summed E-state index contributed by atoms with van der Waals surface area (Å²) in [6.45, 7) is 3.49. The molecule has 0 radical (unpaired) electrons. The van der Waals surface area contributed by atoms with Crippen molar-refractivity contribution in [2.45, 2.75) is 19.8 Å². The van der Waals surface area contributed by atoms with Crippen LogP contribution in [0, 0.1) is 0 Å². The van der Waals surface area contributed by atoms with Gasteiger partial charge in [0.25, 0.3) is 5.56 Å². The van der Waals surface area contributed by atoms with E-state index in [4.69, 9.17) is 24.0 Å². The van der Waals surface area contributed by atoms with Gasteiger partial charge in [0, 0.05) is 6.08 Å². The molecule has 166 valence electrons. The van der Waals surface area contributed by atoms with Crippen molar-refractivity contribution in [2.24, 2.45) is 5.73 Å². The Balaban J connectivity index is 2.11. The molecule has 32 heavy (non-hydrogen) atoms. The fourth-order valence-electron chi connectivity index (χ4n) is 3.51. The maximum absolute atomic E-state index is 13.2. The molecular weight excluding hydrogens is 436 g/mol. The highest BCUT2D eigenvalue weighted by molar-refractivity contribution is 7.07. The van der Waals surface area contributed by atoms with Crippen molar-refractivity contribution in [3.8, 4) is 0 Å². The molecule has 3 aromatic rings. The molecule has 1 aliphatic rings. The molecule has 1 atom stereocenters. The van der Waals surface area contributed by atoms with Crippen molar-refractivity contribution in [3.63, 3.8) is 0 Å². The Morgan fingerprint density at radius 1 is 1.09 bits per heavy atom. The molecule has 4 heterocycles. The van der Waals surface area contributed by atoms with Gasteiger partial charge in [-0.3, -0.25) is 9.36 Å². The van der Waals surface area contributed by atoms with E-state index in [1.54, 1.807) is 44.2 Å². The van der Waals surface area contributed by atoms with Gasteiger partial charge in [0.1, 0.15) is 22.0 Å². The van der Waals surface area contributed by atoms with E-state index in [-0.39, 0.29) is 39.4 Å². The number of thiazole rings is 1. The van der Waals surface area contributed by atoms with Crippen molar-refractivity contribution in [1.29, 1.82) is 0 Å². The van der Waals surface area contributed by atoms with Crippen molar-refractivity contribution < 1.29 is 27.9 Å². The fourth-order valence-corrected chi connectivity index (χ4v) is 4.65. The van der Waals surface area contributed by atoms with Crippen LogP contribution in [0.3, 0.4) is 0 Å². The fraction of sp³-hybridized carbons (Fsp3) is 0.227. The number of nitrogens with two attached hydrogens (primary N) is 1. The van der Waals surface area contributed by atoms with Gasteiger partial charge >= 0.3 is 11.9 Å². The summed E-state index contributed by atoms with van der Waals surface area (Å²) in [5, 5.41) is 0. The monoisotopic (exact) mass is 456 g/mol. The highest BCUT2D eigenvalue weighted by Gasteiger charge is 2.41. The third-order valence-corrected chi connectivity index (χ3v) is 5.89. The molecule has 10 heteroatoms. The van der Waals surface area contributed by atoms with Crippen LogP contribution in [0.2, 0.25) is 0 Å². The molecular formula is C22H20N2O7S. The molecule has 9 nitrogen and oxygen atoms in total. The molecule has 4 rings (SSSR count). The SMILES string of the molecule is CCOC(=O)C1=C(N)n2c(s/c(=C/c3ccco3)c2=O)=C(C(=O)OCC)C1c1ccco1. The highest BCUT2D eigenvalue weighted by atomic mass is 32.1. The van der Waals surface area contributed by atoms with Crippen LogP contribution in [0.5, 0.6) is 0 Å². The van der Waals surface area contributed by atoms with Gasteiger partial charge in [0.2, 0.25) is 0 Å². The van der Waals surface area contributed by atoms with Gasteiger partial charge in [0.05, 0.1) is 47.3 Å². The lowest BCUT2D eigenvalue weighted by Gasteiger charge is -2.25. The predicted molar refractivity (Wildman–Crippen MR) is 116 cm³/mol. The Hall–Kier alpha value is -3.79. The number of carbonyl (C=O) groups excluding carboxylic acids is 2. The smallest absolute Gasteiger partial charge is 0.338 e. The summed E-state index contributed by atoms with van der Waals surface area (Å²) in [7, 11) is 0. The Bertz CT molecular complexity index is 1360. The van der Waals surface area contributed by atoms with Crippen LogP contribution in [-0.2, 0) is 19.1 Å². The Morgan fingerprint density at radius 2 is 1.75 bits per heavy atom. The standard InChI is InChI=1S/C22H20N2O7S/c1-3-28-21(26)16-15(13-8-6-10-31-13)17(22(27)29-4-2)20-24(18(16)23)19(25)14(32-20)11-12-7-5-9-30-12/h5-11,15H,3-4,23H2,1-2H3/b14-11+. The summed E-state index contributed by atoms with van der Waals surface area (Å²) in [5.41, 5.74) is 5.85. The summed E-state index contributed by atoms with van der Waals surface area (Å²) in [6.07, 6.45) is 4.44.